The Labute approximate surface area is 129 Å². The predicted molar refractivity (Wildman–Crippen MR) is 79.8 cm³/mol. The summed E-state index contributed by atoms with van der Waals surface area (Å²) in [5.74, 6) is 2.52. The number of rotatable bonds is 1. The SMILES string of the molecule is Cc1nnc2n1N1C(=CS[C@@H]1c1ccc3c(c1)OCO3)S2. The van der Waals surface area contributed by atoms with Crippen molar-refractivity contribution in [2.45, 2.75) is 17.5 Å². The molecule has 0 aliphatic carbocycles. The largest absolute Gasteiger partial charge is 0.454 e. The number of benzene rings is 1. The first kappa shape index (κ1) is 11.8. The van der Waals surface area contributed by atoms with Crippen LogP contribution in [-0.2, 0) is 0 Å². The van der Waals surface area contributed by atoms with Gasteiger partial charge >= 0.3 is 0 Å². The summed E-state index contributed by atoms with van der Waals surface area (Å²) in [4.78, 5) is 0. The average molecular weight is 318 g/mol. The van der Waals surface area contributed by atoms with Crippen LogP contribution in [-0.4, -0.2) is 21.7 Å². The highest BCUT2D eigenvalue weighted by atomic mass is 32.2. The van der Waals surface area contributed by atoms with Crippen LogP contribution in [0.4, 0.5) is 0 Å². The summed E-state index contributed by atoms with van der Waals surface area (Å²) >= 11 is 3.43. The predicted octanol–water partition coefficient (Wildman–Crippen LogP) is 2.60. The molecule has 1 aromatic carbocycles. The molecule has 8 heteroatoms. The molecule has 4 heterocycles. The van der Waals surface area contributed by atoms with Gasteiger partial charge < -0.3 is 9.47 Å². The molecule has 0 bridgehead atoms. The van der Waals surface area contributed by atoms with Gasteiger partial charge in [0, 0.05) is 5.41 Å². The van der Waals surface area contributed by atoms with E-state index >= 15 is 0 Å². The van der Waals surface area contributed by atoms with Crippen LogP contribution in [0.3, 0.4) is 0 Å². The van der Waals surface area contributed by atoms with Crippen LogP contribution in [0.25, 0.3) is 0 Å². The fraction of sp³-hybridized carbons (Fsp3) is 0.231. The zero-order valence-electron chi connectivity index (χ0n) is 11.0. The highest BCUT2D eigenvalue weighted by molar-refractivity contribution is 8.07. The van der Waals surface area contributed by atoms with E-state index in [4.69, 9.17) is 9.47 Å². The topological polar surface area (TPSA) is 52.4 Å². The van der Waals surface area contributed by atoms with Gasteiger partial charge in [-0.05, 0) is 36.4 Å². The molecule has 1 atom stereocenters. The van der Waals surface area contributed by atoms with Crippen molar-refractivity contribution in [1.82, 2.24) is 14.9 Å². The zero-order valence-corrected chi connectivity index (χ0v) is 12.6. The minimum atomic E-state index is 0.165. The second-order valence-corrected chi connectivity index (χ2v) is 6.79. The Morgan fingerprint density at radius 1 is 1.24 bits per heavy atom. The summed E-state index contributed by atoms with van der Waals surface area (Å²) in [6, 6.07) is 6.11. The molecule has 6 nitrogen and oxygen atoms in total. The summed E-state index contributed by atoms with van der Waals surface area (Å²) in [6.07, 6.45) is 0. The molecule has 0 fully saturated rings. The lowest BCUT2D eigenvalue weighted by Crippen LogP contribution is -2.30. The average Bonchev–Trinajstić information content (AvgIpc) is 3.20. The summed E-state index contributed by atoms with van der Waals surface area (Å²) in [6.45, 7) is 2.27. The molecule has 0 radical (unpaired) electrons. The quantitative estimate of drug-likeness (QED) is 0.801. The van der Waals surface area contributed by atoms with Crippen LogP contribution >= 0.6 is 23.5 Å². The van der Waals surface area contributed by atoms with Crippen LogP contribution in [0.5, 0.6) is 11.5 Å². The van der Waals surface area contributed by atoms with Crippen LogP contribution in [0, 0.1) is 6.92 Å². The lowest BCUT2D eigenvalue weighted by Gasteiger charge is -2.25. The summed E-state index contributed by atoms with van der Waals surface area (Å²) in [5, 5.41) is 15.0. The Balaban J connectivity index is 1.58. The third-order valence-electron chi connectivity index (χ3n) is 3.61. The van der Waals surface area contributed by atoms with Crippen LogP contribution in [0.2, 0.25) is 0 Å². The molecule has 0 saturated heterocycles. The van der Waals surface area contributed by atoms with Crippen molar-refractivity contribution in [2.24, 2.45) is 0 Å². The Morgan fingerprint density at radius 2 is 2.14 bits per heavy atom. The van der Waals surface area contributed by atoms with E-state index in [1.807, 2.05) is 13.0 Å². The standard InChI is InChI=1S/C13H10N4O2S2/c1-7-14-15-13-16(7)17-11(21-13)5-20-12(17)8-2-3-9-10(4-8)19-6-18-9/h2-5,12H,6H2,1H3/t12-/m1/s1. The van der Waals surface area contributed by atoms with Gasteiger partial charge in [0.15, 0.2) is 17.3 Å². The van der Waals surface area contributed by atoms with Crippen molar-refractivity contribution in [1.29, 1.82) is 0 Å². The molecule has 3 aliphatic rings. The molecule has 1 aromatic heterocycles. The maximum atomic E-state index is 5.48. The molecule has 21 heavy (non-hydrogen) atoms. The smallest absolute Gasteiger partial charge is 0.231 e. The van der Waals surface area contributed by atoms with E-state index in [1.54, 1.807) is 23.5 Å². The van der Waals surface area contributed by atoms with E-state index in [0.29, 0.717) is 6.79 Å². The highest BCUT2D eigenvalue weighted by Crippen LogP contribution is 2.52. The fourth-order valence-corrected chi connectivity index (χ4v) is 4.92. The Hall–Kier alpha value is -1.80. The number of nitrogens with zero attached hydrogens (tertiary/aromatic N) is 4. The molecule has 2 aromatic rings. The first-order chi connectivity index (χ1) is 10.3. The van der Waals surface area contributed by atoms with Crippen molar-refractivity contribution < 1.29 is 9.47 Å². The maximum absolute atomic E-state index is 5.48. The lowest BCUT2D eigenvalue weighted by molar-refractivity contribution is 0.174. The molecule has 0 saturated carbocycles. The minimum absolute atomic E-state index is 0.165. The summed E-state index contributed by atoms with van der Waals surface area (Å²) in [7, 11) is 0. The number of ether oxygens (including phenoxy) is 2. The number of hydrogen-bond acceptors (Lipinski definition) is 7. The highest BCUT2D eigenvalue weighted by Gasteiger charge is 2.39. The molecule has 106 valence electrons. The van der Waals surface area contributed by atoms with E-state index in [1.165, 1.54) is 10.6 Å². The Bertz CT molecular complexity index is 788. The van der Waals surface area contributed by atoms with Crippen molar-refractivity contribution in [3.05, 3.63) is 40.0 Å². The number of aromatic nitrogens is 3. The second kappa shape index (κ2) is 4.11. The maximum Gasteiger partial charge on any atom is 0.231 e. The van der Waals surface area contributed by atoms with E-state index in [-0.39, 0.29) is 5.37 Å². The van der Waals surface area contributed by atoms with E-state index in [9.17, 15) is 0 Å². The molecule has 0 spiro atoms. The second-order valence-electron chi connectivity index (χ2n) is 4.85. The first-order valence-corrected chi connectivity index (χ1v) is 8.22. The lowest BCUT2D eigenvalue weighted by atomic mass is 10.2. The number of fused-ring (bicyclic) bond motifs is 4. The van der Waals surface area contributed by atoms with Crippen LogP contribution in [0.1, 0.15) is 16.8 Å². The molecular weight excluding hydrogens is 308 g/mol. The van der Waals surface area contributed by atoms with Crippen molar-refractivity contribution in [2.75, 3.05) is 11.8 Å². The molecule has 0 amide bonds. The van der Waals surface area contributed by atoms with Crippen LogP contribution < -0.4 is 14.5 Å². The van der Waals surface area contributed by atoms with Crippen LogP contribution in [0.15, 0.2) is 33.8 Å². The fourth-order valence-electron chi connectivity index (χ4n) is 2.65. The monoisotopic (exact) mass is 318 g/mol. The third kappa shape index (κ3) is 1.57. The third-order valence-corrected chi connectivity index (χ3v) is 5.80. The van der Waals surface area contributed by atoms with E-state index in [2.05, 4.69) is 37.4 Å². The van der Waals surface area contributed by atoms with E-state index in [0.717, 1.165) is 22.5 Å². The van der Waals surface area contributed by atoms with Gasteiger partial charge in [0.1, 0.15) is 10.4 Å². The zero-order chi connectivity index (χ0) is 14.0. The van der Waals surface area contributed by atoms with Gasteiger partial charge in [0.05, 0.1) is 0 Å². The van der Waals surface area contributed by atoms with Crippen molar-refractivity contribution >= 4 is 23.5 Å². The molecule has 3 aliphatic heterocycles. The van der Waals surface area contributed by atoms with Gasteiger partial charge in [-0.25, -0.2) is 4.68 Å². The minimum Gasteiger partial charge on any atom is -0.454 e. The number of hydrogen-bond donors (Lipinski definition) is 0. The molecule has 0 N–H and O–H groups in total. The van der Waals surface area contributed by atoms with Gasteiger partial charge in [-0.2, -0.15) is 0 Å². The summed E-state index contributed by atoms with van der Waals surface area (Å²) in [5.41, 5.74) is 1.18. The van der Waals surface area contributed by atoms with Gasteiger partial charge in [-0.1, -0.05) is 17.8 Å². The summed E-state index contributed by atoms with van der Waals surface area (Å²) < 4.78 is 12.9. The first-order valence-electron chi connectivity index (χ1n) is 6.46. The van der Waals surface area contributed by atoms with Gasteiger partial charge in [0.25, 0.3) is 0 Å². The Kier molecular flexibility index (Phi) is 2.31. The molecular formula is C13H10N4O2S2. The van der Waals surface area contributed by atoms with E-state index < -0.39 is 0 Å². The van der Waals surface area contributed by atoms with Gasteiger partial charge in [0.2, 0.25) is 11.9 Å². The number of aryl methyl sites for hydroxylation is 1. The molecule has 0 unspecified atom stereocenters. The van der Waals surface area contributed by atoms with Crippen molar-refractivity contribution in [3.63, 3.8) is 0 Å². The number of thioether (sulfide) groups is 2. The molecule has 5 rings (SSSR count). The van der Waals surface area contributed by atoms with Gasteiger partial charge in [-0.3, -0.25) is 5.01 Å². The van der Waals surface area contributed by atoms with Gasteiger partial charge in [-0.15, -0.1) is 10.2 Å². The Morgan fingerprint density at radius 3 is 3.10 bits per heavy atom. The normalized spacial score (nSPS) is 21.5. The van der Waals surface area contributed by atoms with Crippen molar-refractivity contribution in [3.8, 4) is 11.5 Å².